The molecule has 1 aliphatic rings. The highest BCUT2D eigenvalue weighted by atomic mass is 32.1. The molecule has 0 aliphatic carbocycles. The van der Waals surface area contributed by atoms with Crippen molar-refractivity contribution in [3.63, 3.8) is 0 Å². The lowest BCUT2D eigenvalue weighted by Crippen LogP contribution is -2.31. The van der Waals surface area contributed by atoms with Crippen LogP contribution >= 0.6 is 11.3 Å². The number of nitrogens with zero attached hydrogens (tertiary/aromatic N) is 1. The van der Waals surface area contributed by atoms with Gasteiger partial charge in [-0.05, 0) is 48.2 Å². The maximum Gasteiger partial charge on any atom is 0.294 e. The molecule has 33 heavy (non-hydrogen) atoms. The molecule has 0 spiro atoms. The minimum atomic E-state index is -1.18. The van der Waals surface area contributed by atoms with Crippen molar-refractivity contribution in [1.82, 2.24) is 0 Å². The average Bonchev–Trinajstić information content (AvgIpc) is 3.42. The third kappa shape index (κ3) is 3.95. The van der Waals surface area contributed by atoms with Crippen LogP contribution in [0.2, 0.25) is 0 Å². The fraction of sp³-hybridized carbons (Fsp3) is 0.167. The third-order valence-electron chi connectivity index (χ3n) is 5.17. The highest BCUT2D eigenvalue weighted by Gasteiger charge is 2.46. The molecule has 1 unspecified atom stereocenters. The Hall–Kier alpha value is -3.72. The highest BCUT2D eigenvalue weighted by Crippen LogP contribution is 2.44. The zero-order valence-corrected chi connectivity index (χ0v) is 18.5. The normalized spacial score (nSPS) is 15.8. The molecule has 1 aliphatic heterocycles. The van der Waals surface area contributed by atoms with Crippen molar-refractivity contribution in [2.45, 2.75) is 13.0 Å². The Labute approximate surface area is 192 Å². The second-order valence-corrected chi connectivity index (χ2v) is 8.03. The van der Waals surface area contributed by atoms with E-state index >= 15 is 0 Å². The van der Waals surface area contributed by atoms with E-state index in [0.717, 1.165) is 28.4 Å². The fourth-order valence-corrected chi connectivity index (χ4v) is 4.43. The average molecular weight is 471 g/mol. The van der Waals surface area contributed by atoms with Gasteiger partial charge in [-0.2, -0.15) is 0 Å². The maximum absolute atomic E-state index is 14.8. The quantitative estimate of drug-likeness (QED) is 0.479. The number of anilines is 1. The van der Waals surface area contributed by atoms with Gasteiger partial charge in [-0.3, -0.25) is 14.5 Å². The summed E-state index contributed by atoms with van der Waals surface area (Å²) in [5.41, 5.74) is -0.111. The number of rotatable bonds is 7. The first-order chi connectivity index (χ1) is 15.9. The summed E-state index contributed by atoms with van der Waals surface area (Å²) in [6.07, 6.45) is 0. The molecule has 0 bridgehead atoms. The number of carbonyl (C=O) groups excluding carboxylic acids is 2. The lowest BCUT2D eigenvalue weighted by atomic mass is 9.94. The van der Waals surface area contributed by atoms with Crippen LogP contribution < -0.4 is 14.4 Å². The molecule has 1 N–H and O–H groups in total. The van der Waals surface area contributed by atoms with Gasteiger partial charge >= 0.3 is 0 Å². The molecule has 1 atom stereocenters. The summed E-state index contributed by atoms with van der Waals surface area (Å²) in [5.74, 6) is -3.41. The van der Waals surface area contributed by atoms with E-state index in [1.54, 1.807) is 42.6 Å². The molecular formula is C24H19F2NO5S. The Morgan fingerprint density at radius 3 is 2.58 bits per heavy atom. The van der Waals surface area contributed by atoms with Gasteiger partial charge in [-0.25, -0.2) is 8.78 Å². The van der Waals surface area contributed by atoms with Gasteiger partial charge < -0.3 is 14.6 Å². The fourth-order valence-electron chi connectivity index (χ4n) is 3.75. The van der Waals surface area contributed by atoms with Crippen molar-refractivity contribution in [3.05, 3.63) is 87.3 Å². The van der Waals surface area contributed by atoms with Crippen molar-refractivity contribution >= 4 is 28.7 Å². The van der Waals surface area contributed by atoms with Crippen LogP contribution in [0.3, 0.4) is 0 Å². The summed E-state index contributed by atoms with van der Waals surface area (Å²) in [5, 5.41) is 12.4. The molecule has 170 valence electrons. The summed E-state index contributed by atoms with van der Waals surface area (Å²) in [6, 6.07) is 9.52. The Morgan fingerprint density at radius 2 is 1.94 bits per heavy atom. The summed E-state index contributed by atoms with van der Waals surface area (Å²) in [6.45, 7) is 2.10. The SMILES string of the molecule is CCOc1cc(C2C(C(=O)c3cccs3)=C(O)C(=O)N2c2ccc(F)cc2F)ccc1OC. The molecule has 0 saturated heterocycles. The number of amides is 1. The molecule has 1 amide bonds. The van der Waals surface area contributed by atoms with E-state index in [1.165, 1.54) is 7.11 Å². The zero-order valence-electron chi connectivity index (χ0n) is 17.7. The number of ether oxygens (including phenoxy) is 2. The van der Waals surface area contributed by atoms with Crippen LogP contribution in [-0.4, -0.2) is 30.5 Å². The van der Waals surface area contributed by atoms with Crippen molar-refractivity contribution in [1.29, 1.82) is 0 Å². The molecule has 6 nitrogen and oxygen atoms in total. The summed E-state index contributed by atoms with van der Waals surface area (Å²) in [4.78, 5) is 27.6. The monoisotopic (exact) mass is 471 g/mol. The van der Waals surface area contributed by atoms with E-state index < -0.39 is 35.1 Å². The number of aliphatic hydroxyl groups excluding tert-OH is 1. The van der Waals surface area contributed by atoms with Crippen LogP contribution in [0.1, 0.15) is 28.2 Å². The molecule has 0 fully saturated rings. The Kier molecular flexibility index (Phi) is 6.15. The molecule has 0 saturated carbocycles. The number of thiophene rings is 1. The summed E-state index contributed by atoms with van der Waals surface area (Å²) < 4.78 is 39.2. The molecule has 9 heteroatoms. The number of aliphatic hydroxyl groups is 1. The van der Waals surface area contributed by atoms with Gasteiger partial charge in [-0.1, -0.05) is 12.1 Å². The lowest BCUT2D eigenvalue weighted by molar-refractivity contribution is -0.117. The Morgan fingerprint density at radius 1 is 1.15 bits per heavy atom. The minimum absolute atomic E-state index is 0.209. The van der Waals surface area contributed by atoms with Gasteiger partial charge in [0.05, 0.1) is 35.9 Å². The van der Waals surface area contributed by atoms with Gasteiger partial charge in [0.1, 0.15) is 11.6 Å². The molecular weight excluding hydrogens is 452 g/mol. The number of hydrogen-bond acceptors (Lipinski definition) is 6. The topological polar surface area (TPSA) is 76.1 Å². The lowest BCUT2D eigenvalue weighted by Gasteiger charge is -2.27. The first-order valence-corrected chi connectivity index (χ1v) is 10.9. The Balaban J connectivity index is 1.92. The molecule has 1 aromatic heterocycles. The first-order valence-electron chi connectivity index (χ1n) is 9.98. The van der Waals surface area contributed by atoms with Crippen LogP contribution in [0, 0.1) is 11.6 Å². The van der Waals surface area contributed by atoms with Crippen molar-refractivity contribution in [3.8, 4) is 11.5 Å². The van der Waals surface area contributed by atoms with E-state index in [-0.39, 0.29) is 11.3 Å². The van der Waals surface area contributed by atoms with E-state index in [2.05, 4.69) is 0 Å². The van der Waals surface area contributed by atoms with Crippen LogP contribution in [0.4, 0.5) is 14.5 Å². The highest BCUT2D eigenvalue weighted by molar-refractivity contribution is 7.12. The second kappa shape index (κ2) is 9.03. The van der Waals surface area contributed by atoms with E-state index in [9.17, 15) is 23.5 Å². The van der Waals surface area contributed by atoms with Gasteiger partial charge in [0.25, 0.3) is 5.91 Å². The first kappa shape index (κ1) is 22.5. The smallest absolute Gasteiger partial charge is 0.294 e. The van der Waals surface area contributed by atoms with Crippen LogP contribution in [0.15, 0.2) is 65.2 Å². The van der Waals surface area contributed by atoms with Gasteiger partial charge in [-0.15, -0.1) is 11.3 Å². The van der Waals surface area contributed by atoms with Gasteiger partial charge in [0.15, 0.2) is 17.3 Å². The number of halogens is 2. The number of carbonyl (C=O) groups is 2. The number of hydrogen-bond donors (Lipinski definition) is 1. The standard InChI is InChI=1S/C24H19F2NO5S/c1-3-32-18-11-13(6-9-17(18)31-2)21-20(22(28)19-5-4-10-33-19)23(29)24(30)27(21)16-8-7-14(25)12-15(16)26/h4-12,21,29H,3H2,1-2H3. The predicted molar refractivity (Wildman–Crippen MR) is 119 cm³/mol. The molecule has 3 aromatic rings. The number of Topliss-reactive ketones (excluding diaryl/α,β-unsaturated/α-hetero) is 1. The predicted octanol–water partition coefficient (Wildman–Crippen LogP) is 5.22. The van der Waals surface area contributed by atoms with Crippen LogP contribution in [0.25, 0.3) is 0 Å². The van der Waals surface area contributed by atoms with E-state index in [0.29, 0.717) is 34.6 Å². The van der Waals surface area contributed by atoms with Crippen molar-refractivity contribution < 1.29 is 33.0 Å². The maximum atomic E-state index is 14.8. The largest absolute Gasteiger partial charge is 0.503 e. The van der Waals surface area contributed by atoms with Crippen molar-refractivity contribution in [2.24, 2.45) is 0 Å². The number of benzene rings is 2. The second-order valence-electron chi connectivity index (χ2n) is 7.09. The Bertz CT molecular complexity index is 1260. The van der Waals surface area contributed by atoms with E-state index in [1.807, 2.05) is 0 Å². The van der Waals surface area contributed by atoms with Crippen LogP contribution in [-0.2, 0) is 4.79 Å². The molecule has 2 heterocycles. The van der Waals surface area contributed by atoms with Crippen LogP contribution in [0.5, 0.6) is 11.5 Å². The van der Waals surface area contributed by atoms with E-state index in [4.69, 9.17) is 9.47 Å². The number of ketones is 1. The van der Waals surface area contributed by atoms with Gasteiger partial charge in [0, 0.05) is 6.07 Å². The molecule has 2 aromatic carbocycles. The van der Waals surface area contributed by atoms with Gasteiger partial charge in [0.2, 0.25) is 5.78 Å². The number of methoxy groups -OCH3 is 1. The molecule has 0 radical (unpaired) electrons. The molecule has 4 rings (SSSR count). The third-order valence-corrected chi connectivity index (χ3v) is 6.04. The summed E-state index contributed by atoms with van der Waals surface area (Å²) >= 11 is 1.14. The minimum Gasteiger partial charge on any atom is -0.503 e. The van der Waals surface area contributed by atoms with Crippen molar-refractivity contribution in [2.75, 3.05) is 18.6 Å². The summed E-state index contributed by atoms with van der Waals surface area (Å²) in [7, 11) is 1.47. The zero-order chi connectivity index (χ0) is 23.7.